The van der Waals surface area contributed by atoms with Crippen molar-refractivity contribution in [2.75, 3.05) is 10.6 Å². The zero-order valence-electron chi connectivity index (χ0n) is 17.2. The van der Waals surface area contributed by atoms with Crippen molar-refractivity contribution in [3.8, 4) is 11.1 Å². The number of rotatable bonds is 5. The minimum atomic E-state index is -4.56. The van der Waals surface area contributed by atoms with Gasteiger partial charge in [0, 0.05) is 11.3 Å². The monoisotopic (exact) mass is 475 g/mol. The lowest BCUT2D eigenvalue weighted by atomic mass is 9.97. The highest BCUT2D eigenvalue weighted by Gasteiger charge is 2.34. The van der Waals surface area contributed by atoms with Crippen molar-refractivity contribution >= 4 is 27.4 Å². The van der Waals surface area contributed by atoms with Gasteiger partial charge in [-0.2, -0.15) is 13.2 Å². The third-order valence-electron chi connectivity index (χ3n) is 5.27. The van der Waals surface area contributed by atoms with Crippen LogP contribution in [0.25, 0.3) is 11.1 Å². The highest BCUT2D eigenvalue weighted by molar-refractivity contribution is 7.89. The molecule has 0 unspecified atom stereocenters. The number of carbonyl (C=O) groups excluding carboxylic acids is 1. The Labute approximate surface area is 188 Å². The zero-order valence-corrected chi connectivity index (χ0v) is 18.0. The molecule has 1 aliphatic carbocycles. The molecule has 1 fully saturated rings. The van der Waals surface area contributed by atoms with Crippen molar-refractivity contribution in [1.29, 1.82) is 0 Å². The molecule has 0 heterocycles. The number of alkyl halides is 3. The quantitative estimate of drug-likeness (QED) is 0.452. The van der Waals surface area contributed by atoms with Crippen LogP contribution in [0.1, 0.15) is 29.9 Å². The smallest absolute Gasteiger partial charge is 0.308 e. The molecule has 172 valence electrons. The standard InChI is InChI=1S/C23H20F3N3O3S/c24-23(25,26)16-7-4-8-17(13-16)28-22(30)29-21-18(14-5-2-1-3-6-14)11-12-19(33(27,31)32)20(21)15-9-10-15/h1-8,11-13,15H,9-10H2,(H2,27,31,32)(H2,28,29,30). The Balaban J connectivity index is 1.75. The zero-order chi connectivity index (χ0) is 23.8. The summed E-state index contributed by atoms with van der Waals surface area (Å²) in [6.07, 6.45) is -3.10. The van der Waals surface area contributed by atoms with E-state index in [1.54, 1.807) is 30.3 Å². The predicted molar refractivity (Wildman–Crippen MR) is 119 cm³/mol. The van der Waals surface area contributed by atoms with Gasteiger partial charge in [-0.15, -0.1) is 0 Å². The van der Waals surface area contributed by atoms with Crippen LogP contribution in [-0.4, -0.2) is 14.4 Å². The third-order valence-corrected chi connectivity index (χ3v) is 6.24. The number of hydrogen-bond donors (Lipinski definition) is 3. The molecule has 0 radical (unpaired) electrons. The van der Waals surface area contributed by atoms with Gasteiger partial charge in [0.1, 0.15) is 0 Å². The number of amides is 2. The summed E-state index contributed by atoms with van der Waals surface area (Å²) in [5.41, 5.74) is 1.01. The van der Waals surface area contributed by atoms with Crippen LogP contribution in [0.15, 0.2) is 71.6 Å². The van der Waals surface area contributed by atoms with Crippen molar-refractivity contribution in [3.63, 3.8) is 0 Å². The molecule has 6 nitrogen and oxygen atoms in total. The lowest BCUT2D eigenvalue weighted by Gasteiger charge is -2.19. The number of hydrogen-bond acceptors (Lipinski definition) is 3. The molecule has 0 bridgehead atoms. The van der Waals surface area contributed by atoms with Gasteiger partial charge in [0.05, 0.1) is 16.1 Å². The van der Waals surface area contributed by atoms with E-state index >= 15 is 0 Å². The number of carbonyl (C=O) groups is 1. The molecule has 2 amide bonds. The van der Waals surface area contributed by atoms with E-state index in [0.29, 0.717) is 11.1 Å². The summed E-state index contributed by atoms with van der Waals surface area (Å²) in [5, 5.41) is 10.5. The predicted octanol–water partition coefficient (Wildman–Crippen LogP) is 5.54. The third kappa shape index (κ3) is 5.18. The van der Waals surface area contributed by atoms with Crippen LogP contribution in [0, 0.1) is 0 Å². The van der Waals surface area contributed by atoms with Crippen LogP contribution < -0.4 is 15.8 Å². The van der Waals surface area contributed by atoms with Gasteiger partial charge in [-0.05, 0) is 54.2 Å². The second-order valence-electron chi connectivity index (χ2n) is 7.74. The van der Waals surface area contributed by atoms with Crippen LogP contribution in [0.2, 0.25) is 0 Å². The van der Waals surface area contributed by atoms with Crippen molar-refractivity contribution in [1.82, 2.24) is 0 Å². The fourth-order valence-electron chi connectivity index (χ4n) is 3.67. The second-order valence-corrected chi connectivity index (χ2v) is 9.27. The van der Waals surface area contributed by atoms with Crippen LogP contribution in [-0.2, 0) is 16.2 Å². The van der Waals surface area contributed by atoms with Crippen molar-refractivity contribution in [2.45, 2.75) is 29.8 Å². The maximum Gasteiger partial charge on any atom is 0.416 e. The average Bonchev–Trinajstić information content (AvgIpc) is 3.58. The highest BCUT2D eigenvalue weighted by Crippen LogP contribution is 2.49. The van der Waals surface area contributed by atoms with Crippen LogP contribution in [0.3, 0.4) is 0 Å². The molecule has 4 rings (SSSR count). The summed E-state index contributed by atoms with van der Waals surface area (Å²) in [5.74, 6) is -0.106. The number of sulfonamides is 1. The molecule has 0 aliphatic heterocycles. The SMILES string of the molecule is NS(=O)(=O)c1ccc(-c2ccccc2)c(NC(=O)Nc2cccc(C(F)(F)F)c2)c1C1CC1. The van der Waals surface area contributed by atoms with Crippen LogP contribution in [0.5, 0.6) is 0 Å². The molecule has 4 N–H and O–H groups in total. The summed E-state index contributed by atoms with van der Waals surface area (Å²) < 4.78 is 63.5. The van der Waals surface area contributed by atoms with E-state index in [1.807, 2.05) is 6.07 Å². The Bertz CT molecular complexity index is 1310. The summed E-state index contributed by atoms with van der Waals surface area (Å²) in [6.45, 7) is 0. The van der Waals surface area contributed by atoms with Gasteiger partial charge in [0.15, 0.2) is 0 Å². The number of benzene rings is 3. The fraction of sp³-hybridized carbons (Fsp3) is 0.174. The maximum atomic E-state index is 13.0. The van der Waals surface area contributed by atoms with E-state index in [0.717, 1.165) is 30.5 Å². The molecule has 1 saturated carbocycles. The van der Waals surface area contributed by atoms with Crippen molar-refractivity contribution in [2.24, 2.45) is 5.14 Å². The molecular weight excluding hydrogens is 455 g/mol. The number of primary sulfonamides is 1. The molecule has 10 heteroatoms. The molecule has 3 aromatic carbocycles. The number of nitrogens with two attached hydrogens (primary N) is 1. The first-order chi connectivity index (χ1) is 15.5. The van der Waals surface area contributed by atoms with Gasteiger partial charge in [-0.1, -0.05) is 42.5 Å². The first kappa shape index (κ1) is 22.8. The number of nitrogens with one attached hydrogen (secondary N) is 2. The second kappa shape index (κ2) is 8.53. The normalized spacial score (nSPS) is 14.1. The summed E-state index contributed by atoms with van der Waals surface area (Å²) >= 11 is 0. The van der Waals surface area contributed by atoms with E-state index in [9.17, 15) is 26.4 Å². The van der Waals surface area contributed by atoms with Gasteiger partial charge < -0.3 is 10.6 Å². The molecular formula is C23H20F3N3O3S. The number of urea groups is 1. The van der Waals surface area contributed by atoms with Crippen LogP contribution >= 0.6 is 0 Å². The number of anilines is 2. The largest absolute Gasteiger partial charge is 0.416 e. The highest BCUT2D eigenvalue weighted by atomic mass is 32.2. The van der Waals surface area contributed by atoms with Gasteiger partial charge in [0.25, 0.3) is 0 Å². The Morgan fingerprint density at radius 3 is 2.24 bits per heavy atom. The first-order valence-corrected chi connectivity index (χ1v) is 11.6. The first-order valence-electron chi connectivity index (χ1n) is 10.0. The molecule has 33 heavy (non-hydrogen) atoms. The summed E-state index contributed by atoms with van der Waals surface area (Å²) in [7, 11) is -4.07. The van der Waals surface area contributed by atoms with E-state index in [4.69, 9.17) is 5.14 Å². The van der Waals surface area contributed by atoms with Crippen molar-refractivity contribution < 1.29 is 26.4 Å². The Morgan fingerprint density at radius 2 is 1.64 bits per heavy atom. The molecule has 0 aromatic heterocycles. The minimum Gasteiger partial charge on any atom is -0.308 e. The van der Waals surface area contributed by atoms with Gasteiger partial charge in [0.2, 0.25) is 10.0 Å². The maximum absolute atomic E-state index is 13.0. The van der Waals surface area contributed by atoms with Gasteiger partial charge in [-0.3, -0.25) is 0 Å². The molecule has 0 spiro atoms. The van der Waals surface area contributed by atoms with Gasteiger partial charge in [-0.25, -0.2) is 18.4 Å². The number of halogens is 3. The van der Waals surface area contributed by atoms with E-state index in [-0.39, 0.29) is 22.2 Å². The van der Waals surface area contributed by atoms with Gasteiger partial charge >= 0.3 is 12.2 Å². The van der Waals surface area contributed by atoms with Crippen molar-refractivity contribution in [3.05, 3.63) is 77.9 Å². The van der Waals surface area contributed by atoms with E-state index in [2.05, 4.69) is 10.6 Å². The lowest BCUT2D eigenvalue weighted by Crippen LogP contribution is -2.23. The summed E-state index contributed by atoms with van der Waals surface area (Å²) in [6, 6.07) is 15.4. The Hall–Kier alpha value is -3.37. The average molecular weight is 475 g/mol. The lowest BCUT2D eigenvalue weighted by molar-refractivity contribution is -0.137. The molecule has 0 atom stereocenters. The van der Waals surface area contributed by atoms with E-state index < -0.39 is 27.8 Å². The molecule has 0 saturated heterocycles. The topological polar surface area (TPSA) is 101 Å². The minimum absolute atomic E-state index is 0.0563. The molecule has 1 aliphatic rings. The Kier molecular flexibility index (Phi) is 5.89. The molecule has 3 aromatic rings. The summed E-state index contributed by atoms with van der Waals surface area (Å²) in [4.78, 5) is 12.7. The van der Waals surface area contributed by atoms with E-state index in [1.165, 1.54) is 18.2 Å². The fourth-order valence-corrected chi connectivity index (χ4v) is 4.50. The van der Waals surface area contributed by atoms with Crippen LogP contribution in [0.4, 0.5) is 29.3 Å². The Morgan fingerprint density at radius 1 is 0.939 bits per heavy atom.